The predicted octanol–water partition coefficient (Wildman–Crippen LogP) is 2.96. The summed E-state index contributed by atoms with van der Waals surface area (Å²) in [5.74, 6) is -3.46. The number of fused-ring (bicyclic) bond motifs is 4. The van der Waals surface area contributed by atoms with Crippen LogP contribution in [-0.4, -0.2) is 28.0 Å². The largest absolute Gasteiger partial charge is 0.506 e. The number of thiophene rings is 1. The summed E-state index contributed by atoms with van der Waals surface area (Å²) in [4.78, 5) is 23.2. The zero-order chi connectivity index (χ0) is 17.9. The van der Waals surface area contributed by atoms with Crippen molar-refractivity contribution < 1.29 is 87.8 Å². The molecule has 2 heterocycles. The Hall–Kier alpha value is -1.37. The molecule has 0 unspecified atom stereocenters. The van der Waals surface area contributed by atoms with Gasteiger partial charge in [-0.3, -0.25) is 4.79 Å². The average molecular weight is 552 g/mol. The zero-order valence-corrected chi connectivity index (χ0v) is 16.8. The van der Waals surface area contributed by atoms with Gasteiger partial charge in [-0.05, 0) is 18.2 Å². The molecule has 4 aromatic rings. The van der Waals surface area contributed by atoms with Crippen molar-refractivity contribution in [1.82, 2.24) is 0 Å². The number of carbonyl (C=O) groups is 1. The number of ketones is 1. The van der Waals surface area contributed by atoms with Crippen LogP contribution in [0.2, 0.25) is 0 Å². The quantitative estimate of drug-likeness (QED) is 0.288. The Kier molecular flexibility index (Phi) is 7.54. The Labute approximate surface area is 198 Å². The SMILES string of the molecule is O.O.O=C(c1c(O)c2cc3c(cc2oc1=O)sc1ccccc13)C(F)(F)F.[Eu]. The second-order valence-corrected chi connectivity index (χ2v) is 6.47. The minimum atomic E-state index is -5.29. The van der Waals surface area contributed by atoms with Gasteiger partial charge < -0.3 is 20.5 Å². The van der Waals surface area contributed by atoms with Gasteiger partial charge in [-0.25, -0.2) is 4.79 Å². The maximum absolute atomic E-state index is 12.7. The van der Waals surface area contributed by atoms with Crippen molar-refractivity contribution in [1.29, 1.82) is 0 Å². The molecule has 0 bridgehead atoms. The van der Waals surface area contributed by atoms with E-state index in [1.807, 2.05) is 24.3 Å². The third-order valence-corrected chi connectivity index (χ3v) is 5.00. The molecule has 0 atom stereocenters. The Balaban J connectivity index is 0.00000131. The van der Waals surface area contributed by atoms with Gasteiger partial charge in [-0.15, -0.1) is 11.3 Å². The number of benzene rings is 2. The summed E-state index contributed by atoms with van der Waals surface area (Å²) in [6.07, 6.45) is -5.29. The van der Waals surface area contributed by atoms with Crippen molar-refractivity contribution in [3.63, 3.8) is 0 Å². The van der Waals surface area contributed by atoms with Crippen molar-refractivity contribution in [3.05, 3.63) is 52.4 Å². The molecule has 5 N–H and O–H groups in total. The van der Waals surface area contributed by atoms with E-state index in [2.05, 4.69) is 0 Å². The Morgan fingerprint density at radius 2 is 1.64 bits per heavy atom. The van der Waals surface area contributed by atoms with Crippen LogP contribution >= 0.6 is 11.3 Å². The standard InChI is InChI=1S/C17H7F3O4S.Eu.2H2O/c18-17(19,20)15(22)13-14(21)9-5-8-7-3-1-2-4-11(7)25-12(8)6-10(9)24-16(13)23;;;/h1-6,21H;;2*1H2. The van der Waals surface area contributed by atoms with Crippen molar-refractivity contribution in [3.8, 4) is 5.75 Å². The molecule has 0 fully saturated rings. The fourth-order valence-corrected chi connectivity index (χ4v) is 3.86. The number of Topliss-reactive ketones (excluding diaryl/α,β-unsaturated/α-hetero) is 1. The topological polar surface area (TPSA) is 131 Å². The molecule has 0 amide bonds. The third kappa shape index (κ3) is 3.87. The van der Waals surface area contributed by atoms with E-state index < -0.39 is 28.9 Å². The van der Waals surface area contributed by atoms with Gasteiger partial charge in [0.2, 0.25) is 0 Å². The first-order valence-electron chi connectivity index (χ1n) is 7.00. The first-order valence-corrected chi connectivity index (χ1v) is 7.81. The van der Waals surface area contributed by atoms with Gasteiger partial charge in [0.15, 0.2) is 5.56 Å². The number of rotatable bonds is 1. The van der Waals surface area contributed by atoms with E-state index in [4.69, 9.17) is 4.42 Å². The van der Waals surface area contributed by atoms with Crippen LogP contribution in [0, 0.1) is 49.4 Å². The molecule has 1 radical (unpaired) electrons. The number of aromatic hydroxyl groups is 1. The molecule has 2 aromatic carbocycles. The summed E-state index contributed by atoms with van der Waals surface area (Å²) >= 11 is 1.41. The van der Waals surface area contributed by atoms with E-state index in [0.717, 1.165) is 14.8 Å². The third-order valence-electron chi connectivity index (χ3n) is 3.86. The van der Waals surface area contributed by atoms with Gasteiger partial charge >= 0.3 is 11.8 Å². The molecule has 149 valence electrons. The number of carbonyl (C=O) groups excluding carboxylic acids is 1. The average Bonchev–Trinajstić information content (AvgIpc) is 2.89. The van der Waals surface area contributed by atoms with Crippen LogP contribution in [0.5, 0.6) is 5.75 Å². The van der Waals surface area contributed by atoms with Crippen LogP contribution in [-0.2, 0) is 0 Å². The molecule has 2 aromatic heterocycles. The van der Waals surface area contributed by atoms with E-state index in [-0.39, 0.29) is 71.3 Å². The van der Waals surface area contributed by atoms with Crippen molar-refractivity contribution in [2.45, 2.75) is 6.18 Å². The van der Waals surface area contributed by atoms with Gasteiger partial charge in [0.05, 0.1) is 5.39 Å². The van der Waals surface area contributed by atoms with Crippen LogP contribution in [0.1, 0.15) is 10.4 Å². The van der Waals surface area contributed by atoms with Crippen LogP contribution in [0.4, 0.5) is 13.2 Å². The Morgan fingerprint density at radius 1 is 1.00 bits per heavy atom. The van der Waals surface area contributed by atoms with E-state index in [9.17, 15) is 27.9 Å². The minimum absolute atomic E-state index is 0. The van der Waals surface area contributed by atoms with Crippen molar-refractivity contribution >= 4 is 48.3 Å². The smallest absolute Gasteiger partial charge is 0.455 e. The summed E-state index contributed by atoms with van der Waals surface area (Å²) in [5.41, 5.74) is -3.01. The van der Waals surface area contributed by atoms with Crippen molar-refractivity contribution in [2.24, 2.45) is 0 Å². The first-order chi connectivity index (χ1) is 11.8. The molecular formula is C17H11EuF3O6S. The maximum atomic E-state index is 12.7. The molecule has 4 rings (SSSR count). The zero-order valence-electron chi connectivity index (χ0n) is 13.6. The molecule has 0 aliphatic carbocycles. The predicted molar refractivity (Wildman–Crippen MR) is 94.7 cm³/mol. The van der Waals surface area contributed by atoms with E-state index in [0.29, 0.717) is 5.39 Å². The maximum Gasteiger partial charge on any atom is 0.455 e. The number of hydrogen-bond acceptors (Lipinski definition) is 5. The molecule has 0 aliphatic heterocycles. The molecule has 0 aliphatic rings. The second kappa shape index (κ2) is 8.56. The summed E-state index contributed by atoms with van der Waals surface area (Å²) in [7, 11) is 0. The number of alkyl halides is 3. The van der Waals surface area contributed by atoms with E-state index in [1.165, 1.54) is 23.5 Å². The van der Waals surface area contributed by atoms with Crippen LogP contribution < -0.4 is 5.63 Å². The van der Waals surface area contributed by atoms with Gasteiger partial charge in [0, 0.05) is 69.5 Å². The van der Waals surface area contributed by atoms with Gasteiger partial charge in [0.25, 0.3) is 5.78 Å². The summed E-state index contributed by atoms with van der Waals surface area (Å²) in [5, 5.41) is 11.6. The number of hydrogen-bond donors (Lipinski definition) is 1. The van der Waals surface area contributed by atoms with Gasteiger partial charge in [-0.1, -0.05) is 18.2 Å². The normalized spacial score (nSPS) is 11.0. The minimum Gasteiger partial charge on any atom is -0.506 e. The summed E-state index contributed by atoms with van der Waals surface area (Å²) in [6.45, 7) is 0. The van der Waals surface area contributed by atoms with Gasteiger partial charge in [0.1, 0.15) is 11.3 Å². The molecular weight excluding hydrogens is 541 g/mol. The first kappa shape index (κ1) is 24.7. The molecule has 28 heavy (non-hydrogen) atoms. The Morgan fingerprint density at radius 3 is 2.29 bits per heavy atom. The molecule has 6 nitrogen and oxygen atoms in total. The number of halogens is 3. The van der Waals surface area contributed by atoms with E-state index >= 15 is 0 Å². The fraction of sp³-hybridized carbons (Fsp3) is 0.0588. The van der Waals surface area contributed by atoms with Crippen molar-refractivity contribution in [2.75, 3.05) is 0 Å². The monoisotopic (exact) mass is 553 g/mol. The summed E-state index contributed by atoms with van der Waals surface area (Å²) < 4.78 is 44.5. The van der Waals surface area contributed by atoms with Crippen LogP contribution in [0.3, 0.4) is 0 Å². The molecule has 11 heteroatoms. The van der Waals surface area contributed by atoms with Crippen LogP contribution in [0.25, 0.3) is 31.1 Å². The van der Waals surface area contributed by atoms with Gasteiger partial charge in [-0.2, -0.15) is 13.2 Å². The molecule has 0 saturated carbocycles. The molecule has 0 saturated heterocycles. The van der Waals surface area contributed by atoms with Crippen LogP contribution in [0.15, 0.2) is 45.6 Å². The summed E-state index contributed by atoms with van der Waals surface area (Å²) in [6, 6.07) is 10.3. The Bertz CT molecular complexity index is 1250. The second-order valence-electron chi connectivity index (χ2n) is 5.38. The van der Waals surface area contributed by atoms with E-state index in [1.54, 1.807) is 0 Å². The molecule has 0 spiro atoms. The fourth-order valence-electron chi connectivity index (χ4n) is 2.75.